The molecule has 0 amide bonds. The molecule has 3 nitrogen and oxygen atoms in total. The van der Waals surface area contributed by atoms with Gasteiger partial charge in [0.25, 0.3) is 0 Å². The van der Waals surface area contributed by atoms with Gasteiger partial charge in [-0.1, -0.05) is 26.7 Å². The fourth-order valence-electron chi connectivity index (χ4n) is 1.88. The van der Waals surface area contributed by atoms with Crippen molar-refractivity contribution in [3.8, 4) is 0 Å². The van der Waals surface area contributed by atoms with Crippen molar-refractivity contribution in [1.82, 2.24) is 15.1 Å². The highest BCUT2D eigenvalue weighted by Gasteiger charge is 2.14. The van der Waals surface area contributed by atoms with Crippen LogP contribution in [0.3, 0.4) is 0 Å². The van der Waals surface area contributed by atoms with Gasteiger partial charge in [-0.3, -0.25) is 4.68 Å². The number of hydrogen-bond donors (Lipinski definition) is 1. The summed E-state index contributed by atoms with van der Waals surface area (Å²) in [5, 5.41) is 7.84. The first-order valence-electron chi connectivity index (χ1n) is 5.92. The molecule has 0 aromatic carbocycles. The lowest BCUT2D eigenvalue weighted by Gasteiger charge is -2.17. The minimum Gasteiger partial charge on any atom is -0.310 e. The first-order valence-corrected chi connectivity index (χ1v) is 5.92. The normalized spacial score (nSPS) is 13.1. The van der Waals surface area contributed by atoms with Gasteiger partial charge in [-0.25, -0.2) is 0 Å². The molecule has 0 aliphatic carbocycles. The largest absolute Gasteiger partial charge is 0.310 e. The average molecular weight is 209 g/mol. The minimum atomic E-state index is 0.476. The smallest absolute Gasteiger partial charge is 0.0540 e. The Morgan fingerprint density at radius 1 is 1.47 bits per heavy atom. The van der Waals surface area contributed by atoms with Crippen molar-refractivity contribution < 1.29 is 0 Å². The van der Waals surface area contributed by atoms with Gasteiger partial charge in [0.05, 0.1) is 6.20 Å². The van der Waals surface area contributed by atoms with Crippen molar-refractivity contribution in [3.63, 3.8) is 0 Å². The topological polar surface area (TPSA) is 29.9 Å². The van der Waals surface area contributed by atoms with E-state index < -0.39 is 0 Å². The number of hydrogen-bond acceptors (Lipinski definition) is 2. The van der Waals surface area contributed by atoms with Gasteiger partial charge in [0, 0.05) is 24.3 Å². The Morgan fingerprint density at radius 3 is 2.67 bits per heavy atom. The molecule has 0 aliphatic rings. The number of nitrogens with one attached hydrogen (secondary N) is 1. The molecular formula is C12H23N3. The van der Waals surface area contributed by atoms with Crippen molar-refractivity contribution in [2.75, 3.05) is 6.54 Å². The number of aromatic nitrogens is 2. The Kier molecular flexibility index (Phi) is 4.82. The fraction of sp³-hybridized carbons (Fsp3) is 0.750. The van der Waals surface area contributed by atoms with Gasteiger partial charge in [-0.05, 0) is 19.9 Å². The Hall–Kier alpha value is -0.830. The molecule has 0 saturated heterocycles. The summed E-state index contributed by atoms with van der Waals surface area (Å²) in [5.41, 5.74) is 2.63. The Labute approximate surface area is 92.9 Å². The molecule has 0 saturated carbocycles. The highest BCUT2D eigenvalue weighted by atomic mass is 15.3. The molecule has 0 fully saturated rings. The summed E-state index contributed by atoms with van der Waals surface area (Å²) in [5.74, 6) is 0. The molecule has 0 spiro atoms. The zero-order valence-electron chi connectivity index (χ0n) is 10.4. The SMILES string of the molecule is CCCCC(NCC)c1cnn(C)c1C. The van der Waals surface area contributed by atoms with Crippen molar-refractivity contribution in [2.24, 2.45) is 7.05 Å². The van der Waals surface area contributed by atoms with Crippen LogP contribution in [0.1, 0.15) is 50.4 Å². The standard InChI is InChI=1S/C12H23N3/c1-5-7-8-12(13-6-2)11-9-14-15(4)10(11)3/h9,12-13H,5-8H2,1-4H3. The molecule has 15 heavy (non-hydrogen) atoms. The van der Waals surface area contributed by atoms with Crippen LogP contribution in [-0.2, 0) is 7.05 Å². The molecule has 0 bridgehead atoms. The van der Waals surface area contributed by atoms with E-state index in [0.29, 0.717) is 6.04 Å². The van der Waals surface area contributed by atoms with Crippen LogP contribution in [0.25, 0.3) is 0 Å². The molecule has 0 aliphatic heterocycles. The maximum Gasteiger partial charge on any atom is 0.0540 e. The van der Waals surface area contributed by atoms with Gasteiger partial charge in [0.15, 0.2) is 0 Å². The minimum absolute atomic E-state index is 0.476. The van der Waals surface area contributed by atoms with E-state index in [1.54, 1.807) is 0 Å². The summed E-state index contributed by atoms with van der Waals surface area (Å²) >= 11 is 0. The van der Waals surface area contributed by atoms with Crippen molar-refractivity contribution in [1.29, 1.82) is 0 Å². The van der Waals surface area contributed by atoms with Crippen molar-refractivity contribution >= 4 is 0 Å². The molecule has 1 atom stereocenters. The van der Waals surface area contributed by atoms with Crippen LogP contribution in [0.4, 0.5) is 0 Å². The summed E-state index contributed by atoms with van der Waals surface area (Å²) in [6, 6.07) is 0.476. The second-order valence-corrected chi connectivity index (χ2v) is 4.06. The Balaban J connectivity index is 2.74. The van der Waals surface area contributed by atoms with Gasteiger partial charge < -0.3 is 5.32 Å². The van der Waals surface area contributed by atoms with Gasteiger partial charge >= 0.3 is 0 Å². The molecular weight excluding hydrogens is 186 g/mol. The summed E-state index contributed by atoms with van der Waals surface area (Å²) in [6.45, 7) is 7.55. The maximum atomic E-state index is 4.30. The molecule has 1 N–H and O–H groups in total. The van der Waals surface area contributed by atoms with Gasteiger partial charge in [-0.2, -0.15) is 5.10 Å². The van der Waals surface area contributed by atoms with E-state index in [1.165, 1.54) is 30.5 Å². The third-order valence-corrected chi connectivity index (χ3v) is 2.95. The summed E-state index contributed by atoms with van der Waals surface area (Å²) in [7, 11) is 2.00. The molecule has 1 aromatic heterocycles. The predicted octanol–water partition coefficient (Wildman–Crippen LogP) is 2.57. The number of nitrogens with zero attached hydrogens (tertiary/aromatic N) is 2. The lowest BCUT2D eigenvalue weighted by atomic mass is 10.0. The van der Waals surface area contributed by atoms with E-state index in [1.807, 2.05) is 17.9 Å². The summed E-state index contributed by atoms with van der Waals surface area (Å²) in [4.78, 5) is 0. The van der Waals surface area contributed by atoms with Crippen molar-refractivity contribution in [3.05, 3.63) is 17.5 Å². The molecule has 1 aromatic rings. The van der Waals surface area contributed by atoms with Crippen LogP contribution in [0.5, 0.6) is 0 Å². The lowest BCUT2D eigenvalue weighted by Crippen LogP contribution is -2.21. The lowest BCUT2D eigenvalue weighted by molar-refractivity contribution is 0.492. The number of aryl methyl sites for hydroxylation is 1. The fourth-order valence-corrected chi connectivity index (χ4v) is 1.88. The van der Waals surface area contributed by atoms with Gasteiger partial charge in [0.1, 0.15) is 0 Å². The molecule has 86 valence electrons. The third-order valence-electron chi connectivity index (χ3n) is 2.95. The van der Waals surface area contributed by atoms with E-state index in [9.17, 15) is 0 Å². The quantitative estimate of drug-likeness (QED) is 0.780. The van der Waals surface area contributed by atoms with Crippen LogP contribution in [0.15, 0.2) is 6.20 Å². The van der Waals surface area contributed by atoms with E-state index in [2.05, 4.69) is 31.2 Å². The predicted molar refractivity (Wildman–Crippen MR) is 63.9 cm³/mol. The monoisotopic (exact) mass is 209 g/mol. The Bertz CT molecular complexity index is 291. The molecule has 1 rings (SSSR count). The van der Waals surface area contributed by atoms with Gasteiger partial charge in [0.2, 0.25) is 0 Å². The van der Waals surface area contributed by atoms with Gasteiger partial charge in [-0.15, -0.1) is 0 Å². The molecule has 3 heteroatoms. The third kappa shape index (κ3) is 3.06. The second-order valence-electron chi connectivity index (χ2n) is 4.06. The summed E-state index contributed by atoms with van der Waals surface area (Å²) < 4.78 is 1.95. The highest BCUT2D eigenvalue weighted by Crippen LogP contribution is 2.21. The molecule has 1 unspecified atom stereocenters. The molecule has 0 radical (unpaired) electrons. The zero-order chi connectivity index (χ0) is 11.3. The van der Waals surface area contributed by atoms with E-state index in [-0.39, 0.29) is 0 Å². The van der Waals surface area contributed by atoms with E-state index in [4.69, 9.17) is 0 Å². The summed E-state index contributed by atoms with van der Waals surface area (Å²) in [6.07, 6.45) is 5.72. The van der Waals surface area contributed by atoms with E-state index >= 15 is 0 Å². The average Bonchev–Trinajstić information content (AvgIpc) is 2.55. The maximum absolute atomic E-state index is 4.30. The first-order chi connectivity index (χ1) is 7.20. The second kappa shape index (κ2) is 5.91. The van der Waals surface area contributed by atoms with E-state index in [0.717, 1.165) is 6.54 Å². The highest BCUT2D eigenvalue weighted by molar-refractivity contribution is 5.20. The number of rotatable bonds is 6. The molecule has 1 heterocycles. The zero-order valence-corrected chi connectivity index (χ0v) is 10.4. The number of unbranched alkanes of at least 4 members (excludes halogenated alkanes) is 1. The Morgan fingerprint density at radius 2 is 2.20 bits per heavy atom. The van der Waals surface area contributed by atoms with Crippen molar-refractivity contribution in [2.45, 2.75) is 46.1 Å². The first kappa shape index (κ1) is 12.2. The van der Waals surface area contributed by atoms with Crippen LogP contribution >= 0.6 is 0 Å². The van der Waals surface area contributed by atoms with Crippen LogP contribution in [-0.4, -0.2) is 16.3 Å². The van der Waals surface area contributed by atoms with Crippen LogP contribution in [0.2, 0.25) is 0 Å². The van der Waals surface area contributed by atoms with Crippen LogP contribution < -0.4 is 5.32 Å². The van der Waals surface area contributed by atoms with Crippen LogP contribution in [0, 0.1) is 6.92 Å².